The fourth-order valence-corrected chi connectivity index (χ4v) is 3.84. The molecule has 8 nitrogen and oxygen atoms in total. The Morgan fingerprint density at radius 3 is 2.48 bits per heavy atom. The molecule has 2 aliphatic rings. The third-order valence-electron chi connectivity index (χ3n) is 4.54. The number of carbonyl (C=O) groups excluding carboxylic acids is 3. The third kappa shape index (κ3) is 4.15. The summed E-state index contributed by atoms with van der Waals surface area (Å²) in [5.41, 5.74) is 1.40. The molecule has 1 aromatic heterocycles. The second-order valence-electron chi connectivity index (χ2n) is 6.56. The number of hydrogen-bond acceptors (Lipinski definition) is 6. The summed E-state index contributed by atoms with van der Waals surface area (Å²) in [5, 5.41) is 2.65. The zero-order chi connectivity index (χ0) is 20.4. The van der Waals surface area contributed by atoms with Crippen LogP contribution in [0.5, 0.6) is 0 Å². The van der Waals surface area contributed by atoms with E-state index in [-0.39, 0.29) is 25.0 Å². The van der Waals surface area contributed by atoms with Gasteiger partial charge < -0.3 is 19.7 Å². The normalized spacial score (nSPS) is 18.3. The first-order chi connectivity index (χ1) is 14.0. The van der Waals surface area contributed by atoms with Crippen molar-refractivity contribution in [3.8, 4) is 0 Å². The molecule has 2 aromatic rings. The lowest BCUT2D eigenvalue weighted by molar-refractivity contribution is -0.125. The number of nitrogens with zero attached hydrogens (tertiary/aromatic N) is 2. The van der Waals surface area contributed by atoms with Crippen LogP contribution in [0.2, 0.25) is 0 Å². The van der Waals surface area contributed by atoms with Gasteiger partial charge in [-0.25, -0.2) is 4.79 Å². The molecule has 9 heteroatoms. The number of amides is 3. The molecule has 3 heterocycles. The Hall–Kier alpha value is -3.17. The molecule has 0 atom stereocenters. The fourth-order valence-electron chi connectivity index (χ4n) is 3.07. The topological polar surface area (TPSA) is 88.2 Å². The maximum Gasteiger partial charge on any atom is 0.419 e. The van der Waals surface area contributed by atoms with Gasteiger partial charge in [0.05, 0.1) is 18.0 Å². The van der Waals surface area contributed by atoms with Crippen LogP contribution in [-0.4, -0.2) is 44.2 Å². The van der Waals surface area contributed by atoms with Crippen LogP contribution in [0.15, 0.2) is 48.4 Å². The number of morpholine rings is 1. The summed E-state index contributed by atoms with van der Waals surface area (Å²) in [4.78, 5) is 41.0. The molecule has 0 spiro atoms. The first-order valence-corrected chi connectivity index (χ1v) is 9.87. The number of rotatable bonds is 4. The van der Waals surface area contributed by atoms with Crippen LogP contribution in [0, 0.1) is 6.92 Å². The molecule has 0 unspecified atom stereocenters. The van der Waals surface area contributed by atoms with Gasteiger partial charge in [0, 0.05) is 29.0 Å². The van der Waals surface area contributed by atoms with Crippen molar-refractivity contribution >= 4 is 40.6 Å². The number of thiophene rings is 1. The van der Waals surface area contributed by atoms with E-state index in [1.54, 1.807) is 35.2 Å². The van der Waals surface area contributed by atoms with Crippen molar-refractivity contribution < 1.29 is 23.9 Å². The Bertz CT molecular complexity index is 982. The van der Waals surface area contributed by atoms with Gasteiger partial charge in [-0.3, -0.25) is 14.5 Å². The van der Waals surface area contributed by atoms with Gasteiger partial charge >= 0.3 is 6.09 Å². The van der Waals surface area contributed by atoms with Gasteiger partial charge in [-0.1, -0.05) is 0 Å². The van der Waals surface area contributed by atoms with E-state index in [1.165, 1.54) is 22.4 Å². The predicted octanol–water partition coefficient (Wildman–Crippen LogP) is 2.65. The number of anilines is 2. The summed E-state index contributed by atoms with van der Waals surface area (Å²) < 4.78 is 10.4. The number of cyclic esters (lactones) is 1. The number of nitrogens with one attached hydrogen (secondary N) is 1. The zero-order valence-electron chi connectivity index (χ0n) is 15.7. The van der Waals surface area contributed by atoms with Crippen LogP contribution in [0.1, 0.15) is 14.5 Å². The minimum Gasteiger partial charge on any atom is -0.411 e. The second-order valence-corrected chi connectivity index (χ2v) is 7.85. The summed E-state index contributed by atoms with van der Waals surface area (Å²) >= 11 is 1.39. The second kappa shape index (κ2) is 8.06. The lowest BCUT2D eigenvalue weighted by Crippen LogP contribution is -2.41. The van der Waals surface area contributed by atoms with Crippen molar-refractivity contribution in [2.75, 3.05) is 36.1 Å². The average Bonchev–Trinajstić information content (AvgIpc) is 3.32. The molecule has 0 aliphatic carbocycles. The lowest BCUT2D eigenvalue weighted by Gasteiger charge is -2.27. The molecule has 2 aliphatic heterocycles. The van der Waals surface area contributed by atoms with Gasteiger partial charge in [-0.05, 0) is 43.3 Å². The molecule has 29 heavy (non-hydrogen) atoms. The highest BCUT2D eigenvalue weighted by Gasteiger charge is 2.29. The van der Waals surface area contributed by atoms with E-state index in [1.807, 2.05) is 13.0 Å². The SMILES string of the molecule is Cc1ccc(C(=O)N/C=C2/CN(c3ccc(N4CCOCC4=O)cc3)C(=O)O2)s1. The van der Waals surface area contributed by atoms with E-state index in [0.717, 1.165) is 10.6 Å². The van der Waals surface area contributed by atoms with Gasteiger partial charge in [0.15, 0.2) is 0 Å². The molecular weight excluding hydrogens is 394 g/mol. The Balaban J connectivity index is 1.41. The molecule has 0 saturated carbocycles. The van der Waals surface area contributed by atoms with Gasteiger partial charge in [0.25, 0.3) is 11.8 Å². The number of carbonyl (C=O) groups is 3. The summed E-state index contributed by atoms with van der Waals surface area (Å²) in [6.45, 7) is 3.21. The number of ether oxygens (including phenoxy) is 2. The standard InChI is InChI=1S/C20H19N3O5S/c1-13-2-7-17(29-13)19(25)21-10-16-11-23(20(26)28-16)15-5-3-14(4-6-15)22-8-9-27-12-18(22)24/h2-7,10H,8-9,11-12H2,1H3,(H,21,25)/b16-10-. The maximum atomic E-state index is 12.2. The Labute approximate surface area is 171 Å². The van der Waals surface area contributed by atoms with Crippen LogP contribution in [0.3, 0.4) is 0 Å². The summed E-state index contributed by atoms with van der Waals surface area (Å²) in [6, 6.07) is 10.7. The summed E-state index contributed by atoms with van der Waals surface area (Å²) in [5.74, 6) is 0.0140. The molecule has 150 valence electrons. The first-order valence-electron chi connectivity index (χ1n) is 9.05. The Morgan fingerprint density at radius 2 is 1.83 bits per heavy atom. The number of hydrogen-bond donors (Lipinski definition) is 1. The molecular formula is C20H19N3O5S. The largest absolute Gasteiger partial charge is 0.419 e. The van der Waals surface area contributed by atoms with E-state index < -0.39 is 6.09 Å². The van der Waals surface area contributed by atoms with E-state index in [2.05, 4.69) is 5.32 Å². The Morgan fingerprint density at radius 1 is 1.10 bits per heavy atom. The quantitative estimate of drug-likeness (QED) is 0.833. The van der Waals surface area contributed by atoms with Gasteiger partial charge in [0.1, 0.15) is 12.4 Å². The molecule has 1 aromatic carbocycles. The summed E-state index contributed by atoms with van der Waals surface area (Å²) in [6.07, 6.45) is 0.892. The van der Waals surface area contributed by atoms with E-state index in [4.69, 9.17) is 9.47 Å². The van der Waals surface area contributed by atoms with Crippen LogP contribution >= 0.6 is 11.3 Å². The molecule has 3 amide bonds. The highest BCUT2D eigenvalue weighted by atomic mass is 32.1. The lowest BCUT2D eigenvalue weighted by atomic mass is 10.2. The van der Waals surface area contributed by atoms with Crippen LogP contribution in [0.4, 0.5) is 16.2 Å². The highest BCUT2D eigenvalue weighted by Crippen LogP contribution is 2.26. The van der Waals surface area contributed by atoms with Crippen molar-refractivity contribution in [1.82, 2.24) is 5.32 Å². The molecule has 2 saturated heterocycles. The van der Waals surface area contributed by atoms with Gasteiger partial charge in [-0.2, -0.15) is 0 Å². The van der Waals surface area contributed by atoms with E-state index in [0.29, 0.717) is 29.5 Å². The molecule has 0 radical (unpaired) electrons. The number of aryl methyl sites for hydroxylation is 1. The Kier molecular flexibility index (Phi) is 5.32. The molecule has 2 fully saturated rings. The van der Waals surface area contributed by atoms with Crippen LogP contribution in [0.25, 0.3) is 0 Å². The van der Waals surface area contributed by atoms with E-state index >= 15 is 0 Å². The maximum absolute atomic E-state index is 12.2. The number of benzene rings is 1. The van der Waals surface area contributed by atoms with Crippen molar-refractivity contribution in [3.63, 3.8) is 0 Å². The highest BCUT2D eigenvalue weighted by molar-refractivity contribution is 7.13. The fraction of sp³-hybridized carbons (Fsp3) is 0.250. The minimum absolute atomic E-state index is 0.0745. The van der Waals surface area contributed by atoms with Crippen molar-refractivity contribution in [3.05, 3.63) is 58.1 Å². The average molecular weight is 413 g/mol. The monoisotopic (exact) mass is 413 g/mol. The smallest absolute Gasteiger partial charge is 0.411 e. The minimum atomic E-state index is -0.521. The van der Waals surface area contributed by atoms with Crippen molar-refractivity contribution in [2.24, 2.45) is 0 Å². The zero-order valence-corrected chi connectivity index (χ0v) is 16.5. The predicted molar refractivity (Wildman–Crippen MR) is 108 cm³/mol. The summed E-state index contributed by atoms with van der Waals surface area (Å²) in [7, 11) is 0. The van der Waals surface area contributed by atoms with E-state index in [9.17, 15) is 14.4 Å². The van der Waals surface area contributed by atoms with Crippen molar-refractivity contribution in [1.29, 1.82) is 0 Å². The van der Waals surface area contributed by atoms with Crippen molar-refractivity contribution in [2.45, 2.75) is 6.92 Å². The third-order valence-corrected chi connectivity index (χ3v) is 5.54. The van der Waals surface area contributed by atoms with Gasteiger partial charge in [0.2, 0.25) is 0 Å². The molecule has 4 rings (SSSR count). The first kappa shape index (κ1) is 19.2. The van der Waals surface area contributed by atoms with Crippen LogP contribution in [-0.2, 0) is 14.3 Å². The van der Waals surface area contributed by atoms with Crippen LogP contribution < -0.4 is 15.1 Å². The molecule has 0 bridgehead atoms. The molecule has 1 N–H and O–H groups in total. The van der Waals surface area contributed by atoms with Gasteiger partial charge in [-0.15, -0.1) is 11.3 Å².